The average Bonchev–Trinajstić information content (AvgIpc) is 3.33. The van der Waals surface area contributed by atoms with Crippen molar-refractivity contribution in [3.63, 3.8) is 0 Å². The topological polar surface area (TPSA) is 67.2 Å². The van der Waals surface area contributed by atoms with Gasteiger partial charge in [0, 0.05) is 30.9 Å². The van der Waals surface area contributed by atoms with E-state index in [9.17, 15) is 9.18 Å². The first kappa shape index (κ1) is 16.4. The maximum Gasteiger partial charge on any atom is 0.330 e. The van der Waals surface area contributed by atoms with Crippen LogP contribution < -0.4 is 9.80 Å². The lowest BCUT2D eigenvalue weighted by Crippen LogP contribution is -2.32. The molecule has 7 nitrogen and oxygen atoms in total. The van der Waals surface area contributed by atoms with Crippen molar-refractivity contribution in [3.8, 4) is 5.69 Å². The van der Waals surface area contributed by atoms with Crippen molar-refractivity contribution < 1.29 is 9.18 Å². The molecule has 0 saturated carbocycles. The van der Waals surface area contributed by atoms with Gasteiger partial charge in [-0.25, -0.2) is 18.9 Å². The Labute approximate surface area is 159 Å². The number of carbonyl (C=O) groups excluding carboxylic acids is 1. The van der Waals surface area contributed by atoms with Gasteiger partial charge in [0.05, 0.1) is 23.6 Å². The molecule has 2 amide bonds. The number of para-hydroxylation sites is 1. The van der Waals surface area contributed by atoms with Gasteiger partial charge in [0.1, 0.15) is 11.5 Å². The second-order valence-corrected chi connectivity index (χ2v) is 6.37. The van der Waals surface area contributed by atoms with Gasteiger partial charge < -0.3 is 0 Å². The Kier molecular flexibility index (Phi) is 3.75. The molecule has 5 rings (SSSR count). The van der Waals surface area contributed by atoms with E-state index in [2.05, 4.69) is 15.1 Å². The summed E-state index contributed by atoms with van der Waals surface area (Å²) in [4.78, 5) is 24.5. The number of amides is 2. The highest BCUT2D eigenvalue weighted by atomic mass is 19.1. The minimum absolute atomic E-state index is 0.174. The quantitative estimate of drug-likeness (QED) is 0.551. The van der Waals surface area contributed by atoms with Crippen LogP contribution in [0.2, 0.25) is 0 Å². The van der Waals surface area contributed by atoms with Crippen molar-refractivity contribution >= 4 is 28.4 Å². The van der Waals surface area contributed by atoms with Crippen molar-refractivity contribution in [1.29, 1.82) is 0 Å². The van der Waals surface area contributed by atoms with Gasteiger partial charge in [-0.2, -0.15) is 5.10 Å². The molecule has 3 heterocycles. The smallest absolute Gasteiger partial charge is 0.291 e. The van der Waals surface area contributed by atoms with Crippen molar-refractivity contribution in [1.82, 2.24) is 19.7 Å². The van der Waals surface area contributed by atoms with E-state index in [1.807, 2.05) is 18.2 Å². The van der Waals surface area contributed by atoms with Gasteiger partial charge in [-0.15, -0.1) is 0 Å². The molecule has 1 aliphatic heterocycles. The maximum absolute atomic E-state index is 14.2. The number of hydrogen-bond donors (Lipinski definition) is 0. The summed E-state index contributed by atoms with van der Waals surface area (Å²) in [6.07, 6.45) is 6.36. The molecule has 0 spiro atoms. The molecule has 1 fully saturated rings. The number of urea groups is 1. The van der Waals surface area contributed by atoms with E-state index >= 15 is 0 Å². The van der Waals surface area contributed by atoms with Crippen LogP contribution in [0.15, 0.2) is 67.3 Å². The standard InChI is InChI=1S/C20H15FN6O/c21-15-4-1-2-5-18(15)27-17-7-3-6-16(14(17)12-24-27)25-10-11-26(20(25)28)19-13-22-8-9-23-19/h1-9,12-13H,10-11H2. The van der Waals surface area contributed by atoms with Crippen molar-refractivity contribution in [2.45, 2.75) is 0 Å². The molecular weight excluding hydrogens is 359 g/mol. The van der Waals surface area contributed by atoms with Crippen molar-refractivity contribution in [2.75, 3.05) is 22.9 Å². The number of rotatable bonds is 3. The Morgan fingerprint density at radius 3 is 2.54 bits per heavy atom. The second kappa shape index (κ2) is 6.41. The van der Waals surface area contributed by atoms with Crippen molar-refractivity contribution in [3.05, 3.63) is 73.1 Å². The fourth-order valence-corrected chi connectivity index (χ4v) is 3.49. The van der Waals surface area contributed by atoms with E-state index in [1.54, 1.807) is 57.5 Å². The number of halogens is 1. The van der Waals surface area contributed by atoms with Gasteiger partial charge in [-0.1, -0.05) is 18.2 Å². The minimum Gasteiger partial charge on any atom is -0.291 e. The molecule has 0 bridgehead atoms. The van der Waals surface area contributed by atoms with Crippen LogP contribution in [0.25, 0.3) is 16.6 Å². The number of nitrogens with zero attached hydrogens (tertiary/aromatic N) is 6. The molecule has 0 atom stereocenters. The Bertz CT molecular complexity index is 1180. The van der Waals surface area contributed by atoms with Gasteiger partial charge in [0.25, 0.3) is 0 Å². The summed E-state index contributed by atoms with van der Waals surface area (Å²) in [5.41, 5.74) is 1.83. The first-order valence-electron chi connectivity index (χ1n) is 8.81. The predicted octanol–water partition coefficient (Wildman–Crippen LogP) is 3.40. The zero-order valence-corrected chi connectivity index (χ0v) is 14.7. The maximum atomic E-state index is 14.2. The molecule has 0 radical (unpaired) electrons. The summed E-state index contributed by atoms with van der Waals surface area (Å²) < 4.78 is 15.8. The molecule has 4 aromatic rings. The van der Waals surface area contributed by atoms with Crippen LogP contribution in [0.1, 0.15) is 0 Å². The lowest BCUT2D eigenvalue weighted by atomic mass is 10.2. The number of fused-ring (bicyclic) bond motifs is 1. The second-order valence-electron chi connectivity index (χ2n) is 6.37. The highest BCUT2D eigenvalue weighted by Gasteiger charge is 2.32. The van der Waals surface area contributed by atoms with Gasteiger partial charge in [0.2, 0.25) is 0 Å². The third-order valence-electron chi connectivity index (χ3n) is 4.80. The Morgan fingerprint density at radius 2 is 1.71 bits per heavy atom. The van der Waals surface area contributed by atoms with E-state index in [0.717, 1.165) is 16.6 Å². The van der Waals surface area contributed by atoms with E-state index in [-0.39, 0.29) is 11.8 Å². The summed E-state index contributed by atoms with van der Waals surface area (Å²) in [7, 11) is 0. The summed E-state index contributed by atoms with van der Waals surface area (Å²) >= 11 is 0. The molecule has 1 aliphatic rings. The Hall–Kier alpha value is -3.81. The van der Waals surface area contributed by atoms with Crippen molar-refractivity contribution in [2.24, 2.45) is 0 Å². The number of anilines is 2. The van der Waals surface area contributed by atoms with E-state index < -0.39 is 0 Å². The number of aromatic nitrogens is 4. The van der Waals surface area contributed by atoms with Gasteiger partial charge >= 0.3 is 6.03 Å². The molecule has 2 aromatic heterocycles. The molecule has 1 saturated heterocycles. The largest absolute Gasteiger partial charge is 0.330 e. The zero-order chi connectivity index (χ0) is 19.1. The third kappa shape index (κ3) is 2.50. The fraction of sp³-hybridized carbons (Fsp3) is 0.100. The van der Waals surface area contributed by atoms with Crippen LogP contribution in [-0.4, -0.2) is 38.9 Å². The lowest BCUT2D eigenvalue weighted by Gasteiger charge is -2.18. The predicted molar refractivity (Wildman–Crippen MR) is 103 cm³/mol. The van der Waals surface area contributed by atoms with Crippen LogP contribution in [0.3, 0.4) is 0 Å². The first-order valence-corrected chi connectivity index (χ1v) is 8.81. The Balaban J connectivity index is 1.56. The molecule has 2 aromatic carbocycles. The van der Waals surface area contributed by atoms with E-state index in [0.29, 0.717) is 24.6 Å². The van der Waals surface area contributed by atoms with Crippen LogP contribution >= 0.6 is 0 Å². The number of hydrogen-bond acceptors (Lipinski definition) is 4. The first-order chi connectivity index (χ1) is 13.7. The van der Waals surface area contributed by atoms with Crippen LogP contribution in [0.4, 0.5) is 20.7 Å². The zero-order valence-electron chi connectivity index (χ0n) is 14.7. The molecule has 0 aliphatic carbocycles. The summed E-state index contributed by atoms with van der Waals surface area (Å²) in [5.74, 6) is 0.160. The van der Waals surface area contributed by atoms with Gasteiger partial charge in [-0.05, 0) is 24.3 Å². The van der Waals surface area contributed by atoms with E-state index in [1.165, 1.54) is 6.07 Å². The highest BCUT2D eigenvalue weighted by molar-refractivity contribution is 6.10. The summed E-state index contributed by atoms with van der Waals surface area (Å²) in [5, 5.41) is 5.14. The molecule has 8 heteroatoms. The molecule has 0 N–H and O–H groups in total. The highest BCUT2D eigenvalue weighted by Crippen LogP contribution is 2.31. The van der Waals surface area contributed by atoms with Crippen LogP contribution in [-0.2, 0) is 0 Å². The minimum atomic E-state index is -0.357. The number of carbonyl (C=O) groups is 1. The third-order valence-corrected chi connectivity index (χ3v) is 4.80. The van der Waals surface area contributed by atoms with Gasteiger partial charge in [-0.3, -0.25) is 14.8 Å². The fourth-order valence-electron chi connectivity index (χ4n) is 3.49. The normalized spacial score (nSPS) is 14.2. The monoisotopic (exact) mass is 374 g/mol. The summed E-state index contributed by atoms with van der Waals surface area (Å²) in [6, 6.07) is 11.9. The SMILES string of the molecule is O=C1N(c2cnccn2)CCN1c1cccc2c1cnn2-c1ccccc1F. The van der Waals surface area contributed by atoms with Crippen LogP contribution in [0.5, 0.6) is 0 Å². The van der Waals surface area contributed by atoms with Gasteiger partial charge in [0.15, 0.2) is 5.82 Å². The van der Waals surface area contributed by atoms with Crippen LogP contribution in [0, 0.1) is 5.82 Å². The molecule has 28 heavy (non-hydrogen) atoms. The summed E-state index contributed by atoms with van der Waals surface area (Å²) in [6.45, 7) is 1.02. The number of benzene rings is 2. The average molecular weight is 374 g/mol. The lowest BCUT2D eigenvalue weighted by molar-refractivity contribution is 0.255. The molecular formula is C20H15FN6O. The van der Waals surface area contributed by atoms with E-state index in [4.69, 9.17) is 0 Å². The Morgan fingerprint density at radius 1 is 0.893 bits per heavy atom. The molecule has 0 unspecified atom stereocenters. The molecule has 138 valence electrons.